The Labute approximate surface area is 133 Å². The van der Waals surface area contributed by atoms with Crippen LogP contribution in [0, 0.1) is 0 Å². The number of halogens is 1. The van der Waals surface area contributed by atoms with Crippen molar-refractivity contribution in [2.75, 3.05) is 17.2 Å². The van der Waals surface area contributed by atoms with E-state index in [1.54, 1.807) is 48.5 Å². The molecule has 0 unspecified atom stereocenters. The van der Waals surface area contributed by atoms with Crippen LogP contribution in [0.3, 0.4) is 0 Å². The van der Waals surface area contributed by atoms with Gasteiger partial charge in [0.1, 0.15) is 5.75 Å². The maximum Gasteiger partial charge on any atom is 0.314 e. The Balaban J connectivity index is 2.06. The minimum absolute atomic E-state index is 0.360. The molecule has 0 radical (unpaired) electrons. The van der Waals surface area contributed by atoms with E-state index >= 15 is 0 Å². The van der Waals surface area contributed by atoms with Gasteiger partial charge in [0, 0.05) is 0 Å². The van der Waals surface area contributed by atoms with E-state index in [2.05, 4.69) is 10.6 Å². The van der Waals surface area contributed by atoms with Gasteiger partial charge < -0.3 is 15.4 Å². The van der Waals surface area contributed by atoms with Crippen LogP contribution in [0.5, 0.6) is 5.75 Å². The van der Waals surface area contributed by atoms with Gasteiger partial charge in [-0.05, 0) is 31.2 Å². The molecular weight excluding hydrogens is 304 g/mol. The van der Waals surface area contributed by atoms with E-state index in [1.807, 2.05) is 6.92 Å². The van der Waals surface area contributed by atoms with Gasteiger partial charge in [-0.3, -0.25) is 9.59 Å². The van der Waals surface area contributed by atoms with Crippen molar-refractivity contribution in [1.29, 1.82) is 0 Å². The van der Waals surface area contributed by atoms with Crippen molar-refractivity contribution < 1.29 is 14.3 Å². The number of ether oxygens (including phenoxy) is 1. The van der Waals surface area contributed by atoms with E-state index < -0.39 is 11.8 Å². The third-order valence-corrected chi connectivity index (χ3v) is 3.09. The third-order valence-electron chi connectivity index (χ3n) is 2.76. The molecule has 0 aromatic heterocycles. The topological polar surface area (TPSA) is 67.4 Å². The SMILES string of the molecule is CCOc1ccccc1NC(=O)C(=O)Nc1ccccc1Cl. The Hall–Kier alpha value is -2.53. The molecule has 5 nitrogen and oxygen atoms in total. The van der Waals surface area contributed by atoms with E-state index in [9.17, 15) is 9.59 Å². The smallest absolute Gasteiger partial charge is 0.314 e. The number of carbonyl (C=O) groups excluding carboxylic acids is 2. The van der Waals surface area contributed by atoms with E-state index in [0.29, 0.717) is 28.8 Å². The normalized spacial score (nSPS) is 9.91. The van der Waals surface area contributed by atoms with Gasteiger partial charge >= 0.3 is 11.8 Å². The molecule has 0 aliphatic rings. The van der Waals surface area contributed by atoms with E-state index in [1.165, 1.54) is 0 Å². The minimum Gasteiger partial charge on any atom is -0.492 e. The van der Waals surface area contributed by atoms with Gasteiger partial charge in [-0.2, -0.15) is 0 Å². The van der Waals surface area contributed by atoms with Crippen LogP contribution in [0.15, 0.2) is 48.5 Å². The first kappa shape index (κ1) is 15.9. The average molecular weight is 319 g/mol. The molecule has 22 heavy (non-hydrogen) atoms. The standard InChI is InChI=1S/C16H15ClN2O3/c1-2-22-14-10-6-5-9-13(14)19-16(21)15(20)18-12-8-4-3-7-11(12)17/h3-10H,2H2,1H3,(H,18,20)(H,19,21). The predicted molar refractivity (Wildman–Crippen MR) is 86.3 cm³/mol. The quantitative estimate of drug-likeness (QED) is 0.850. The summed E-state index contributed by atoms with van der Waals surface area (Å²) < 4.78 is 5.39. The summed E-state index contributed by atoms with van der Waals surface area (Å²) in [6.07, 6.45) is 0. The molecule has 2 aromatic carbocycles. The number of rotatable bonds is 4. The second kappa shape index (κ2) is 7.47. The van der Waals surface area contributed by atoms with Crippen molar-refractivity contribution in [1.82, 2.24) is 0 Å². The van der Waals surface area contributed by atoms with Crippen LogP contribution in [0.2, 0.25) is 5.02 Å². The molecule has 2 aromatic rings. The highest BCUT2D eigenvalue weighted by Crippen LogP contribution is 2.24. The first-order valence-electron chi connectivity index (χ1n) is 6.70. The highest BCUT2D eigenvalue weighted by Gasteiger charge is 2.16. The van der Waals surface area contributed by atoms with Crippen LogP contribution in [0.4, 0.5) is 11.4 Å². The summed E-state index contributed by atoms with van der Waals surface area (Å²) in [6, 6.07) is 13.6. The molecule has 0 atom stereocenters. The van der Waals surface area contributed by atoms with Crippen molar-refractivity contribution in [3.63, 3.8) is 0 Å². The molecule has 6 heteroatoms. The predicted octanol–water partition coefficient (Wildman–Crippen LogP) is 3.32. The fourth-order valence-corrected chi connectivity index (χ4v) is 1.95. The lowest BCUT2D eigenvalue weighted by Crippen LogP contribution is -2.29. The van der Waals surface area contributed by atoms with Crippen molar-refractivity contribution >= 4 is 34.8 Å². The molecule has 0 saturated heterocycles. The maximum atomic E-state index is 12.0. The number of anilines is 2. The Morgan fingerprint density at radius 2 is 1.50 bits per heavy atom. The molecule has 0 spiro atoms. The average Bonchev–Trinajstić information content (AvgIpc) is 2.51. The minimum atomic E-state index is -0.806. The number of hydrogen-bond acceptors (Lipinski definition) is 3. The monoisotopic (exact) mass is 318 g/mol. The van der Waals surface area contributed by atoms with Gasteiger partial charge in [0.25, 0.3) is 0 Å². The van der Waals surface area contributed by atoms with Gasteiger partial charge in [-0.1, -0.05) is 35.9 Å². The molecule has 2 rings (SSSR count). The van der Waals surface area contributed by atoms with E-state index in [0.717, 1.165) is 0 Å². The lowest BCUT2D eigenvalue weighted by Gasteiger charge is -2.11. The van der Waals surface area contributed by atoms with Crippen LogP contribution >= 0.6 is 11.6 Å². The summed E-state index contributed by atoms with van der Waals surface area (Å²) in [4.78, 5) is 23.9. The largest absolute Gasteiger partial charge is 0.492 e. The summed E-state index contributed by atoms with van der Waals surface area (Å²) in [5.74, 6) is -1.10. The highest BCUT2D eigenvalue weighted by atomic mass is 35.5. The molecule has 2 amide bonds. The van der Waals surface area contributed by atoms with Crippen LogP contribution < -0.4 is 15.4 Å². The van der Waals surface area contributed by atoms with Crippen LogP contribution in [-0.2, 0) is 9.59 Å². The molecule has 0 bridgehead atoms. The van der Waals surface area contributed by atoms with Crippen molar-refractivity contribution in [3.05, 3.63) is 53.6 Å². The first-order chi connectivity index (χ1) is 10.6. The first-order valence-corrected chi connectivity index (χ1v) is 7.08. The van der Waals surface area contributed by atoms with Crippen molar-refractivity contribution in [2.45, 2.75) is 6.92 Å². The Morgan fingerprint density at radius 1 is 0.955 bits per heavy atom. The summed E-state index contributed by atoms with van der Waals surface area (Å²) in [5, 5.41) is 5.33. The summed E-state index contributed by atoms with van der Waals surface area (Å²) in [6.45, 7) is 2.29. The summed E-state index contributed by atoms with van der Waals surface area (Å²) in [5.41, 5.74) is 0.811. The lowest BCUT2D eigenvalue weighted by molar-refractivity contribution is -0.133. The van der Waals surface area contributed by atoms with Crippen molar-refractivity contribution in [3.8, 4) is 5.75 Å². The second-order valence-corrected chi connectivity index (χ2v) is 4.72. The number of benzene rings is 2. The van der Waals surface area contributed by atoms with Gasteiger partial charge in [0.15, 0.2) is 0 Å². The van der Waals surface area contributed by atoms with Crippen LogP contribution in [-0.4, -0.2) is 18.4 Å². The van der Waals surface area contributed by atoms with Gasteiger partial charge in [-0.25, -0.2) is 0 Å². The zero-order valence-electron chi connectivity index (χ0n) is 11.9. The molecule has 0 fully saturated rings. The number of para-hydroxylation sites is 3. The van der Waals surface area contributed by atoms with Crippen molar-refractivity contribution in [2.24, 2.45) is 0 Å². The fraction of sp³-hybridized carbons (Fsp3) is 0.125. The molecule has 0 saturated carbocycles. The lowest BCUT2D eigenvalue weighted by atomic mass is 10.3. The Bertz CT molecular complexity index is 689. The highest BCUT2D eigenvalue weighted by molar-refractivity contribution is 6.44. The Morgan fingerprint density at radius 3 is 2.14 bits per heavy atom. The zero-order valence-corrected chi connectivity index (χ0v) is 12.7. The van der Waals surface area contributed by atoms with Crippen LogP contribution in [0.25, 0.3) is 0 Å². The van der Waals surface area contributed by atoms with Crippen LogP contribution in [0.1, 0.15) is 6.92 Å². The summed E-state index contributed by atoms with van der Waals surface area (Å²) >= 11 is 5.93. The van der Waals surface area contributed by atoms with Gasteiger partial charge in [0.05, 0.1) is 23.0 Å². The molecule has 0 heterocycles. The number of carbonyl (C=O) groups is 2. The fourth-order valence-electron chi connectivity index (χ4n) is 1.77. The van der Waals surface area contributed by atoms with E-state index in [4.69, 9.17) is 16.3 Å². The number of amides is 2. The zero-order chi connectivity index (χ0) is 15.9. The van der Waals surface area contributed by atoms with Gasteiger partial charge in [-0.15, -0.1) is 0 Å². The maximum absolute atomic E-state index is 12.0. The molecule has 0 aliphatic carbocycles. The Kier molecular flexibility index (Phi) is 5.38. The van der Waals surface area contributed by atoms with E-state index in [-0.39, 0.29) is 0 Å². The number of hydrogen-bond donors (Lipinski definition) is 2. The molecule has 114 valence electrons. The third kappa shape index (κ3) is 3.99. The number of nitrogens with one attached hydrogen (secondary N) is 2. The second-order valence-electron chi connectivity index (χ2n) is 4.32. The summed E-state index contributed by atoms with van der Waals surface area (Å²) in [7, 11) is 0. The molecule has 0 aliphatic heterocycles. The van der Waals surface area contributed by atoms with Gasteiger partial charge in [0.2, 0.25) is 0 Å². The molecule has 2 N–H and O–H groups in total. The molecular formula is C16H15ClN2O3.